The van der Waals surface area contributed by atoms with Gasteiger partial charge in [0.2, 0.25) is 0 Å². The Kier molecular flexibility index (Phi) is 6.42. The quantitative estimate of drug-likeness (QED) is 0.574. The van der Waals surface area contributed by atoms with Crippen molar-refractivity contribution in [3.05, 3.63) is 24.7 Å². The molecule has 128 valence electrons. The largest absolute Gasteiger partial charge is 0.500 e. The number of hydrogen-bond acceptors (Lipinski definition) is 8. The van der Waals surface area contributed by atoms with Crippen molar-refractivity contribution < 1.29 is 38.7 Å². The Bertz CT molecular complexity index is 430. The summed E-state index contributed by atoms with van der Waals surface area (Å²) in [6, 6.07) is 0. The Hall–Kier alpha value is -2.06. The number of aliphatic hydroxyl groups excluding tert-OH is 2. The molecule has 4 atom stereocenters. The fourth-order valence-electron chi connectivity index (χ4n) is 2.04. The van der Waals surface area contributed by atoms with Crippen molar-refractivity contribution in [2.75, 3.05) is 26.4 Å². The van der Waals surface area contributed by atoms with Crippen LogP contribution < -0.4 is 0 Å². The van der Waals surface area contributed by atoms with Gasteiger partial charge < -0.3 is 29.2 Å². The molecular weight excluding hydrogens is 308 g/mol. The summed E-state index contributed by atoms with van der Waals surface area (Å²) in [7, 11) is 0. The van der Waals surface area contributed by atoms with Gasteiger partial charge in [0.15, 0.2) is 0 Å². The number of esters is 2. The first-order valence-corrected chi connectivity index (χ1v) is 7.32. The second kappa shape index (κ2) is 8.54. The summed E-state index contributed by atoms with van der Waals surface area (Å²) in [6.07, 6.45) is 3.82. The van der Waals surface area contributed by atoms with Crippen LogP contribution in [-0.4, -0.2) is 60.8 Å². The van der Waals surface area contributed by atoms with E-state index >= 15 is 0 Å². The first-order valence-electron chi connectivity index (χ1n) is 7.32. The minimum Gasteiger partial charge on any atom is -0.500 e. The lowest BCUT2D eigenvalue weighted by molar-refractivity contribution is -0.152. The maximum Gasteiger partial charge on any atom is 0.316 e. The second-order valence-electron chi connectivity index (χ2n) is 5.34. The van der Waals surface area contributed by atoms with Gasteiger partial charge in [-0.25, -0.2) is 0 Å². The zero-order chi connectivity index (χ0) is 16.7. The Morgan fingerprint density at radius 1 is 0.957 bits per heavy atom. The molecule has 8 nitrogen and oxygen atoms in total. The summed E-state index contributed by atoms with van der Waals surface area (Å²) in [5.74, 6) is -1.91. The van der Waals surface area contributed by atoms with Crippen LogP contribution in [0.5, 0.6) is 0 Å². The van der Waals surface area contributed by atoms with Gasteiger partial charge in [0.1, 0.15) is 38.3 Å². The molecule has 0 fully saturated rings. The maximum atomic E-state index is 11.6. The summed E-state index contributed by atoms with van der Waals surface area (Å²) in [5.41, 5.74) is 0. The maximum absolute atomic E-state index is 11.6. The zero-order valence-corrected chi connectivity index (χ0v) is 12.5. The molecule has 0 aromatic rings. The third-order valence-corrected chi connectivity index (χ3v) is 3.35. The second-order valence-corrected chi connectivity index (χ2v) is 5.34. The molecule has 0 radical (unpaired) electrons. The van der Waals surface area contributed by atoms with Gasteiger partial charge in [-0.2, -0.15) is 0 Å². The molecule has 0 bridgehead atoms. The van der Waals surface area contributed by atoms with Gasteiger partial charge in [-0.15, -0.1) is 0 Å². The van der Waals surface area contributed by atoms with Gasteiger partial charge in [-0.05, 0) is 12.2 Å². The van der Waals surface area contributed by atoms with Crippen LogP contribution in [0, 0.1) is 11.8 Å². The SMILES string of the molecule is O=C(OCC(O)CC(O)COC(=O)C1C=COC1)C1C=COC1. The highest BCUT2D eigenvalue weighted by Crippen LogP contribution is 2.12. The van der Waals surface area contributed by atoms with E-state index in [-0.39, 0.29) is 32.8 Å². The van der Waals surface area contributed by atoms with Crippen LogP contribution in [0.2, 0.25) is 0 Å². The molecule has 0 aromatic carbocycles. The predicted octanol–water partition coefficient (Wildman–Crippen LogP) is -0.495. The van der Waals surface area contributed by atoms with Crippen molar-refractivity contribution in [2.24, 2.45) is 11.8 Å². The number of aliphatic hydroxyl groups is 2. The molecule has 2 aliphatic heterocycles. The summed E-state index contributed by atoms with van der Waals surface area (Å²) >= 11 is 0. The van der Waals surface area contributed by atoms with Gasteiger partial charge in [-0.1, -0.05) is 0 Å². The highest BCUT2D eigenvalue weighted by atomic mass is 16.6. The van der Waals surface area contributed by atoms with Gasteiger partial charge in [0.25, 0.3) is 0 Å². The van der Waals surface area contributed by atoms with E-state index in [0.717, 1.165) is 0 Å². The topological polar surface area (TPSA) is 112 Å². The van der Waals surface area contributed by atoms with Crippen molar-refractivity contribution in [1.82, 2.24) is 0 Å². The van der Waals surface area contributed by atoms with Gasteiger partial charge in [0, 0.05) is 6.42 Å². The number of ether oxygens (including phenoxy) is 4. The molecule has 4 unspecified atom stereocenters. The molecule has 0 saturated carbocycles. The fraction of sp³-hybridized carbons (Fsp3) is 0.600. The highest BCUT2D eigenvalue weighted by Gasteiger charge is 2.24. The Labute approximate surface area is 133 Å². The van der Waals surface area contributed by atoms with Crippen LogP contribution in [0.1, 0.15) is 6.42 Å². The van der Waals surface area contributed by atoms with Crippen molar-refractivity contribution >= 4 is 11.9 Å². The van der Waals surface area contributed by atoms with Crippen LogP contribution in [0.4, 0.5) is 0 Å². The van der Waals surface area contributed by atoms with E-state index in [1.807, 2.05) is 0 Å². The molecule has 0 amide bonds. The van der Waals surface area contributed by atoms with Crippen molar-refractivity contribution in [3.63, 3.8) is 0 Å². The molecule has 0 spiro atoms. The summed E-state index contributed by atoms with van der Waals surface area (Å²) in [6.45, 7) is -0.0274. The zero-order valence-electron chi connectivity index (χ0n) is 12.5. The normalized spacial score (nSPS) is 24.6. The van der Waals surface area contributed by atoms with Gasteiger partial charge in [-0.3, -0.25) is 9.59 Å². The van der Waals surface area contributed by atoms with Crippen molar-refractivity contribution in [2.45, 2.75) is 18.6 Å². The smallest absolute Gasteiger partial charge is 0.316 e. The number of hydrogen-bond donors (Lipinski definition) is 2. The summed E-state index contributed by atoms with van der Waals surface area (Å²) < 4.78 is 19.7. The number of rotatable bonds is 8. The predicted molar refractivity (Wildman–Crippen MR) is 75.7 cm³/mol. The van der Waals surface area contributed by atoms with Crippen LogP contribution in [-0.2, 0) is 28.5 Å². The molecule has 0 aromatic heterocycles. The third-order valence-electron chi connectivity index (χ3n) is 3.35. The lowest BCUT2D eigenvalue weighted by Crippen LogP contribution is -2.30. The Balaban J connectivity index is 1.59. The van der Waals surface area contributed by atoms with Gasteiger partial charge >= 0.3 is 11.9 Å². The minimum atomic E-state index is -1.05. The van der Waals surface area contributed by atoms with E-state index in [0.29, 0.717) is 0 Å². The number of carbonyl (C=O) groups is 2. The molecule has 2 N–H and O–H groups in total. The van der Waals surface area contributed by atoms with Crippen molar-refractivity contribution in [3.8, 4) is 0 Å². The lowest BCUT2D eigenvalue weighted by atomic mass is 10.1. The first-order chi connectivity index (χ1) is 11.1. The van der Waals surface area contributed by atoms with E-state index in [9.17, 15) is 19.8 Å². The molecule has 0 saturated heterocycles. The summed E-state index contributed by atoms with van der Waals surface area (Å²) in [4.78, 5) is 23.2. The van der Waals surface area contributed by atoms with E-state index in [4.69, 9.17) is 18.9 Å². The fourth-order valence-corrected chi connectivity index (χ4v) is 2.04. The molecule has 23 heavy (non-hydrogen) atoms. The Morgan fingerprint density at radius 3 is 1.74 bits per heavy atom. The molecule has 2 heterocycles. The minimum absolute atomic E-state index is 0.0748. The summed E-state index contributed by atoms with van der Waals surface area (Å²) in [5, 5.41) is 19.5. The molecule has 2 rings (SSSR count). The lowest BCUT2D eigenvalue weighted by Gasteiger charge is -2.17. The average molecular weight is 328 g/mol. The molecular formula is C15H20O8. The van der Waals surface area contributed by atoms with Crippen LogP contribution in [0.25, 0.3) is 0 Å². The molecule has 2 aliphatic rings. The average Bonchev–Trinajstić information content (AvgIpc) is 3.22. The van der Waals surface area contributed by atoms with Crippen molar-refractivity contribution in [1.29, 1.82) is 0 Å². The Morgan fingerprint density at radius 2 is 1.39 bits per heavy atom. The monoisotopic (exact) mass is 328 g/mol. The standard InChI is InChI=1S/C15H20O8/c16-12(8-22-14(18)10-1-3-20-6-10)5-13(17)9-23-15(19)11-2-4-21-7-11/h1-4,10-13,16-17H,5-9H2. The van der Waals surface area contributed by atoms with Crippen LogP contribution >= 0.6 is 0 Å². The first kappa shape index (κ1) is 17.3. The van der Waals surface area contributed by atoms with E-state index in [1.165, 1.54) is 12.5 Å². The van der Waals surface area contributed by atoms with Gasteiger partial charge in [0.05, 0.1) is 24.7 Å². The molecule has 0 aliphatic carbocycles. The third kappa shape index (κ3) is 5.57. The van der Waals surface area contributed by atoms with Crippen LogP contribution in [0.15, 0.2) is 24.7 Å². The number of carbonyl (C=O) groups excluding carboxylic acids is 2. The van der Waals surface area contributed by atoms with Crippen LogP contribution in [0.3, 0.4) is 0 Å². The highest BCUT2D eigenvalue weighted by molar-refractivity contribution is 5.75. The van der Waals surface area contributed by atoms with E-state index < -0.39 is 36.0 Å². The molecule has 8 heteroatoms. The van der Waals surface area contributed by atoms with E-state index in [1.54, 1.807) is 12.2 Å². The van der Waals surface area contributed by atoms with E-state index in [2.05, 4.69) is 0 Å².